The highest BCUT2D eigenvalue weighted by atomic mass is 32.2. The second kappa shape index (κ2) is 6.93. The maximum absolute atomic E-state index is 12.7. The van der Waals surface area contributed by atoms with Crippen molar-refractivity contribution in [1.29, 1.82) is 0 Å². The van der Waals surface area contributed by atoms with Gasteiger partial charge >= 0.3 is 6.03 Å². The Morgan fingerprint density at radius 2 is 1.38 bits per heavy atom. The minimum atomic E-state index is -3.55. The Morgan fingerprint density at radius 1 is 0.952 bits per heavy atom. The molecule has 122 valence electrons. The summed E-state index contributed by atoms with van der Waals surface area (Å²) in [6.45, 7) is 3.24. The van der Waals surface area contributed by atoms with Crippen LogP contribution in [0.4, 0.5) is 4.79 Å². The molecule has 2 heterocycles. The lowest BCUT2D eigenvalue weighted by atomic mass is 10.1. The first-order chi connectivity index (χ1) is 9.91. The molecule has 0 aromatic rings. The number of piperidine rings is 2. The molecule has 0 atom stereocenters. The van der Waals surface area contributed by atoms with Crippen molar-refractivity contribution in [2.45, 2.75) is 37.8 Å². The lowest BCUT2D eigenvalue weighted by Crippen LogP contribution is -2.55. The van der Waals surface area contributed by atoms with Crippen molar-refractivity contribution in [1.82, 2.24) is 19.8 Å². The van der Waals surface area contributed by atoms with Gasteiger partial charge in [-0.15, -0.1) is 0 Å². The first-order valence-electron chi connectivity index (χ1n) is 7.59. The summed E-state index contributed by atoms with van der Waals surface area (Å²) >= 11 is 0. The average molecular weight is 318 g/mol. The van der Waals surface area contributed by atoms with Crippen LogP contribution >= 0.6 is 0 Å². The van der Waals surface area contributed by atoms with E-state index in [1.165, 1.54) is 0 Å². The highest BCUT2D eigenvalue weighted by Crippen LogP contribution is 2.20. The van der Waals surface area contributed by atoms with Gasteiger partial charge in [0.25, 0.3) is 0 Å². The third-order valence-corrected chi connectivity index (χ3v) is 5.51. The SMILES string of the molecule is CN(C(=O)N(C1CCNCC1)S(C)(=O)=O)C1CCNCC1. The highest BCUT2D eigenvalue weighted by Gasteiger charge is 2.36. The maximum atomic E-state index is 12.7. The Balaban J connectivity index is 2.13. The second-order valence-corrected chi connectivity index (χ2v) is 7.77. The van der Waals surface area contributed by atoms with Gasteiger partial charge in [0, 0.05) is 13.1 Å². The van der Waals surface area contributed by atoms with E-state index in [1.807, 2.05) is 0 Å². The molecule has 2 amide bonds. The van der Waals surface area contributed by atoms with Gasteiger partial charge in [0.15, 0.2) is 0 Å². The number of urea groups is 1. The van der Waals surface area contributed by atoms with Gasteiger partial charge in [-0.1, -0.05) is 0 Å². The molecule has 0 aliphatic carbocycles. The lowest BCUT2D eigenvalue weighted by Gasteiger charge is -2.38. The molecular weight excluding hydrogens is 292 g/mol. The molecule has 0 spiro atoms. The number of hydrogen-bond donors (Lipinski definition) is 2. The Hall–Kier alpha value is -0.860. The fourth-order valence-electron chi connectivity index (χ4n) is 3.12. The summed E-state index contributed by atoms with van der Waals surface area (Å²) in [6.07, 6.45) is 4.22. The van der Waals surface area contributed by atoms with E-state index in [9.17, 15) is 13.2 Å². The van der Waals surface area contributed by atoms with Gasteiger partial charge in [-0.2, -0.15) is 0 Å². The molecule has 2 rings (SSSR count). The van der Waals surface area contributed by atoms with Crippen molar-refractivity contribution in [3.8, 4) is 0 Å². The van der Waals surface area contributed by atoms with E-state index in [2.05, 4.69) is 10.6 Å². The van der Waals surface area contributed by atoms with Gasteiger partial charge in [-0.25, -0.2) is 17.5 Å². The Morgan fingerprint density at radius 3 is 1.81 bits per heavy atom. The Bertz CT molecular complexity index is 456. The highest BCUT2D eigenvalue weighted by molar-refractivity contribution is 7.88. The third kappa shape index (κ3) is 4.08. The molecule has 8 heteroatoms. The average Bonchev–Trinajstić information content (AvgIpc) is 2.47. The smallest absolute Gasteiger partial charge is 0.324 e. The molecule has 0 saturated carbocycles. The fourth-order valence-corrected chi connectivity index (χ4v) is 4.28. The van der Waals surface area contributed by atoms with Crippen molar-refractivity contribution in [3.63, 3.8) is 0 Å². The normalized spacial score (nSPS) is 22.0. The van der Waals surface area contributed by atoms with Crippen molar-refractivity contribution in [3.05, 3.63) is 0 Å². The van der Waals surface area contributed by atoms with Crippen LogP contribution in [0.2, 0.25) is 0 Å². The monoisotopic (exact) mass is 318 g/mol. The molecule has 7 nitrogen and oxygen atoms in total. The lowest BCUT2D eigenvalue weighted by molar-refractivity contribution is 0.144. The van der Waals surface area contributed by atoms with Crippen LogP contribution < -0.4 is 10.6 Å². The summed E-state index contributed by atoms with van der Waals surface area (Å²) in [7, 11) is -1.83. The predicted molar refractivity (Wildman–Crippen MR) is 81.6 cm³/mol. The van der Waals surface area contributed by atoms with E-state index in [-0.39, 0.29) is 18.1 Å². The molecule has 21 heavy (non-hydrogen) atoms. The molecule has 0 bridgehead atoms. The number of amides is 2. The van der Waals surface area contributed by atoms with Crippen molar-refractivity contribution >= 4 is 16.1 Å². The standard InChI is InChI=1S/C13H26N4O3S/c1-16(11-3-7-14-8-4-11)13(18)17(21(2,19)20)12-5-9-15-10-6-12/h11-12,14-15H,3-10H2,1-2H3. The first-order valence-corrected chi connectivity index (χ1v) is 9.43. The molecule has 2 aliphatic heterocycles. The minimum absolute atomic E-state index is 0.115. The Kier molecular flexibility index (Phi) is 5.45. The number of carbonyl (C=O) groups is 1. The van der Waals surface area contributed by atoms with Gasteiger partial charge in [0.2, 0.25) is 10.0 Å². The van der Waals surface area contributed by atoms with Gasteiger partial charge in [-0.05, 0) is 51.9 Å². The van der Waals surface area contributed by atoms with Crippen LogP contribution in [0.3, 0.4) is 0 Å². The molecule has 0 aromatic carbocycles. The van der Waals surface area contributed by atoms with Gasteiger partial charge in [0.1, 0.15) is 0 Å². The number of nitrogens with zero attached hydrogens (tertiary/aromatic N) is 2. The van der Waals surface area contributed by atoms with Gasteiger partial charge in [0.05, 0.1) is 12.3 Å². The number of carbonyl (C=O) groups excluding carboxylic acids is 1. The molecule has 2 saturated heterocycles. The Labute approximate surface area is 127 Å². The maximum Gasteiger partial charge on any atom is 0.333 e. The summed E-state index contributed by atoms with van der Waals surface area (Å²) in [5.74, 6) is 0. The number of rotatable bonds is 3. The van der Waals surface area contributed by atoms with Crippen LogP contribution in [0.1, 0.15) is 25.7 Å². The van der Waals surface area contributed by atoms with E-state index in [0.717, 1.165) is 49.6 Å². The molecular formula is C13H26N4O3S. The second-order valence-electron chi connectivity index (χ2n) is 5.91. The largest absolute Gasteiger partial charge is 0.333 e. The zero-order chi connectivity index (χ0) is 15.5. The number of nitrogens with one attached hydrogen (secondary N) is 2. The zero-order valence-electron chi connectivity index (χ0n) is 12.8. The van der Waals surface area contributed by atoms with Crippen LogP contribution in [-0.2, 0) is 10.0 Å². The van der Waals surface area contributed by atoms with Crippen LogP contribution in [0.25, 0.3) is 0 Å². The summed E-state index contributed by atoms with van der Waals surface area (Å²) < 4.78 is 25.3. The first kappa shape index (κ1) is 16.5. The molecule has 2 fully saturated rings. The van der Waals surface area contributed by atoms with Crippen LogP contribution in [0.15, 0.2) is 0 Å². The predicted octanol–water partition coefficient (Wildman–Crippen LogP) is -0.196. The van der Waals surface area contributed by atoms with E-state index in [1.54, 1.807) is 11.9 Å². The zero-order valence-corrected chi connectivity index (χ0v) is 13.7. The summed E-state index contributed by atoms with van der Waals surface area (Å²) in [4.78, 5) is 14.3. The van der Waals surface area contributed by atoms with E-state index < -0.39 is 10.0 Å². The van der Waals surface area contributed by atoms with Crippen molar-refractivity contribution in [2.24, 2.45) is 0 Å². The number of sulfonamides is 1. The summed E-state index contributed by atoms with van der Waals surface area (Å²) in [5.41, 5.74) is 0. The van der Waals surface area contributed by atoms with Crippen LogP contribution in [-0.4, -0.2) is 75.2 Å². The molecule has 0 aromatic heterocycles. The van der Waals surface area contributed by atoms with E-state index in [4.69, 9.17) is 0 Å². The molecule has 2 aliphatic rings. The number of hydrogen-bond acceptors (Lipinski definition) is 5. The van der Waals surface area contributed by atoms with Gasteiger partial charge in [-0.3, -0.25) is 0 Å². The van der Waals surface area contributed by atoms with E-state index in [0.29, 0.717) is 12.8 Å². The third-order valence-electron chi connectivity index (χ3n) is 4.34. The van der Waals surface area contributed by atoms with Gasteiger partial charge < -0.3 is 15.5 Å². The minimum Gasteiger partial charge on any atom is -0.324 e. The summed E-state index contributed by atoms with van der Waals surface area (Å²) in [5, 5.41) is 6.45. The molecule has 0 radical (unpaired) electrons. The molecule has 2 N–H and O–H groups in total. The quantitative estimate of drug-likeness (QED) is 0.753. The van der Waals surface area contributed by atoms with Crippen molar-refractivity contribution < 1.29 is 13.2 Å². The van der Waals surface area contributed by atoms with Crippen LogP contribution in [0.5, 0.6) is 0 Å². The van der Waals surface area contributed by atoms with Crippen LogP contribution in [0, 0.1) is 0 Å². The molecule has 0 unspecified atom stereocenters. The fraction of sp³-hybridized carbons (Fsp3) is 0.923. The van der Waals surface area contributed by atoms with E-state index >= 15 is 0 Å². The topological polar surface area (TPSA) is 81.8 Å². The van der Waals surface area contributed by atoms with Crippen molar-refractivity contribution in [2.75, 3.05) is 39.5 Å². The summed E-state index contributed by atoms with van der Waals surface area (Å²) in [6, 6.07) is -0.487.